The predicted octanol–water partition coefficient (Wildman–Crippen LogP) is 2.51. The lowest BCUT2D eigenvalue weighted by Crippen LogP contribution is -2.20. The van der Waals surface area contributed by atoms with E-state index in [0.717, 1.165) is 11.1 Å². The highest BCUT2D eigenvalue weighted by molar-refractivity contribution is 5.80. The van der Waals surface area contributed by atoms with Crippen LogP contribution < -0.4 is 5.32 Å². The Bertz CT molecular complexity index is 412. The minimum absolute atomic E-state index is 0.0488. The molecule has 4 heteroatoms. The Balaban J connectivity index is 2.52. The summed E-state index contributed by atoms with van der Waals surface area (Å²) in [7, 11) is 0. The lowest BCUT2D eigenvalue weighted by atomic mass is 10.1. The van der Waals surface area contributed by atoms with Gasteiger partial charge in [0.25, 0.3) is 0 Å². The summed E-state index contributed by atoms with van der Waals surface area (Å²) in [4.78, 5) is 10.4. The number of rotatable bonds is 5. The molecule has 0 bridgehead atoms. The molecular weight excluding hydrogens is 221 g/mol. The highest BCUT2D eigenvalue weighted by Gasteiger charge is 2.04. The molecule has 0 unspecified atom stereocenters. The summed E-state index contributed by atoms with van der Waals surface area (Å²) in [5.74, 6) is -1.21. The summed E-state index contributed by atoms with van der Waals surface area (Å²) in [6.45, 7) is 4.19. The normalized spacial score (nSPS) is 13.5. The van der Waals surface area contributed by atoms with Gasteiger partial charge in [-0.2, -0.15) is 0 Å². The molecule has 0 fully saturated rings. The number of halogens is 1. The molecule has 0 amide bonds. The molecule has 2 N–H and O–H groups in total. The average Bonchev–Trinajstić information content (AvgIpc) is 2.26. The van der Waals surface area contributed by atoms with E-state index >= 15 is 0 Å². The van der Waals surface area contributed by atoms with Crippen molar-refractivity contribution in [2.45, 2.75) is 19.9 Å². The third kappa shape index (κ3) is 4.78. The Morgan fingerprint density at radius 3 is 2.59 bits per heavy atom. The Kier molecular flexibility index (Phi) is 4.84. The van der Waals surface area contributed by atoms with Crippen LogP contribution in [0.2, 0.25) is 0 Å². The molecule has 0 saturated heterocycles. The van der Waals surface area contributed by atoms with Gasteiger partial charge < -0.3 is 10.4 Å². The fourth-order valence-electron chi connectivity index (χ4n) is 1.45. The minimum atomic E-state index is -0.946. The molecule has 3 nitrogen and oxygen atoms in total. The molecule has 17 heavy (non-hydrogen) atoms. The molecule has 92 valence electrons. The van der Waals surface area contributed by atoms with Gasteiger partial charge in [-0.25, -0.2) is 9.18 Å². The van der Waals surface area contributed by atoms with Crippen molar-refractivity contribution in [2.75, 3.05) is 6.54 Å². The second kappa shape index (κ2) is 6.15. The van der Waals surface area contributed by atoms with Crippen LogP contribution in [0.15, 0.2) is 35.9 Å². The first-order valence-corrected chi connectivity index (χ1v) is 5.38. The molecule has 1 aromatic carbocycles. The zero-order valence-electron chi connectivity index (χ0n) is 9.90. The number of aliphatic carboxylic acids is 1. The SMILES string of the molecule is C/C(=C\C(=O)O)CN[C@@H](C)c1ccc(F)cc1. The van der Waals surface area contributed by atoms with Crippen molar-refractivity contribution in [3.8, 4) is 0 Å². The number of carbonyl (C=O) groups is 1. The van der Waals surface area contributed by atoms with Crippen LogP contribution in [0.3, 0.4) is 0 Å². The molecule has 1 atom stereocenters. The van der Waals surface area contributed by atoms with Gasteiger partial charge in [0.2, 0.25) is 0 Å². The van der Waals surface area contributed by atoms with Crippen molar-refractivity contribution in [2.24, 2.45) is 0 Å². The van der Waals surface area contributed by atoms with Gasteiger partial charge in [0.1, 0.15) is 5.82 Å². The number of hydrogen-bond donors (Lipinski definition) is 2. The molecule has 0 aromatic heterocycles. The molecule has 1 aromatic rings. The molecule has 0 radical (unpaired) electrons. The van der Waals surface area contributed by atoms with E-state index in [9.17, 15) is 9.18 Å². The second-order valence-corrected chi connectivity index (χ2v) is 3.98. The largest absolute Gasteiger partial charge is 0.478 e. The molecule has 0 spiro atoms. The van der Waals surface area contributed by atoms with Crippen LogP contribution in [-0.2, 0) is 4.79 Å². The van der Waals surface area contributed by atoms with E-state index in [1.807, 2.05) is 6.92 Å². The molecule has 0 heterocycles. The summed E-state index contributed by atoms with van der Waals surface area (Å²) in [5, 5.41) is 11.7. The Labute approximate surface area is 100.0 Å². The van der Waals surface area contributed by atoms with E-state index in [0.29, 0.717) is 6.54 Å². The van der Waals surface area contributed by atoms with Crippen molar-refractivity contribution in [1.29, 1.82) is 0 Å². The fraction of sp³-hybridized carbons (Fsp3) is 0.308. The van der Waals surface area contributed by atoms with Crippen LogP contribution in [0, 0.1) is 5.82 Å². The first-order chi connectivity index (χ1) is 7.99. The Morgan fingerprint density at radius 2 is 2.06 bits per heavy atom. The van der Waals surface area contributed by atoms with Gasteiger partial charge in [-0.15, -0.1) is 0 Å². The van der Waals surface area contributed by atoms with Gasteiger partial charge in [0.05, 0.1) is 0 Å². The number of carboxylic acids is 1. The maximum atomic E-state index is 12.7. The highest BCUT2D eigenvalue weighted by atomic mass is 19.1. The second-order valence-electron chi connectivity index (χ2n) is 3.98. The van der Waals surface area contributed by atoms with Crippen LogP contribution in [-0.4, -0.2) is 17.6 Å². The van der Waals surface area contributed by atoms with Gasteiger partial charge in [-0.05, 0) is 31.5 Å². The van der Waals surface area contributed by atoms with Gasteiger partial charge >= 0.3 is 5.97 Å². The van der Waals surface area contributed by atoms with Gasteiger partial charge in [-0.1, -0.05) is 17.7 Å². The summed E-state index contributed by atoms with van der Waals surface area (Å²) in [5.41, 5.74) is 1.71. The van der Waals surface area contributed by atoms with Crippen LogP contribution in [0.5, 0.6) is 0 Å². The Morgan fingerprint density at radius 1 is 1.47 bits per heavy atom. The third-order valence-corrected chi connectivity index (χ3v) is 2.43. The van der Waals surface area contributed by atoms with E-state index in [1.54, 1.807) is 19.1 Å². The standard InChI is InChI=1S/C13H16FNO2/c1-9(7-13(16)17)8-15-10(2)11-3-5-12(14)6-4-11/h3-7,10,15H,8H2,1-2H3,(H,16,17)/b9-7+/t10-/m0/s1. The quantitative estimate of drug-likeness (QED) is 0.773. The van der Waals surface area contributed by atoms with Crippen molar-refractivity contribution >= 4 is 5.97 Å². The molecule has 0 aliphatic heterocycles. The topological polar surface area (TPSA) is 49.3 Å². The Hall–Kier alpha value is -1.68. The van der Waals surface area contributed by atoms with Gasteiger partial charge in [0, 0.05) is 18.7 Å². The zero-order valence-corrected chi connectivity index (χ0v) is 9.90. The molecule has 1 rings (SSSR count). The first kappa shape index (κ1) is 13.4. The summed E-state index contributed by atoms with van der Waals surface area (Å²) >= 11 is 0. The molecule has 0 saturated carbocycles. The van der Waals surface area contributed by atoms with Crippen molar-refractivity contribution < 1.29 is 14.3 Å². The number of benzene rings is 1. The predicted molar refractivity (Wildman–Crippen MR) is 64.2 cm³/mol. The van der Waals surface area contributed by atoms with Gasteiger partial charge in [0.15, 0.2) is 0 Å². The maximum Gasteiger partial charge on any atom is 0.328 e. The van der Waals surface area contributed by atoms with E-state index in [4.69, 9.17) is 5.11 Å². The van der Waals surface area contributed by atoms with Gasteiger partial charge in [-0.3, -0.25) is 0 Å². The lowest BCUT2D eigenvalue weighted by molar-refractivity contribution is -0.131. The van der Waals surface area contributed by atoms with E-state index in [2.05, 4.69) is 5.32 Å². The average molecular weight is 237 g/mol. The number of nitrogens with one attached hydrogen (secondary N) is 1. The molecule has 0 aliphatic rings. The number of hydrogen-bond acceptors (Lipinski definition) is 2. The maximum absolute atomic E-state index is 12.7. The summed E-state index contributed by atoms with van der Waals surface area (Å²) in [6.07, 6.45) is 1.17. The monoisotopic (exact) mass is 237 g/mol. The van der Waals surface area contributed by atoms with Crippen molar-refractivity contribution in [1.82, 2.24) is 5.32 Å². The van der Waals surface area contributed by atoms with Crippen LogP contribution in [0.25, 0.3) is 0 Å². The fourth-order valence-corrected chi connectivity index (χ4v) is 1.45. The van der Waals surface area contributed by atoms with E-state index in [1.165, 1.54) is 18.2 Å². The smallest absolute Gasteiger partial charge is 0.328 e. The number of carboxylic acid groups (broad SMARTS) is 1. The van der Waals surface area contributed by atoms with Crippen molar-refractivity contribution in [3.05, 3.63) is 47.3 Å². The molecule has 0 aliphatic carbocycles. The minimum Gasteiger partial charge on any atom is -0.478 e. The highest BCUT2D eigenvalue weighted by Crippen LogP contribution is 2.12. The van der Waals surface area contributed by atoms with Crippen molar-refractivity contribution in [3.63, 3.8) is 0 Å². The van der Waals surface area contributed by atoms with Crippen LogP contribution >= 0.6 is 0 Å². The van der Waals surface area contributed by atoms with Crippen LogP contribution in [0.4, 0.5) is 4.39 Å². The van der Waals surface area contributed by atoms with E-state index in [-0.39, 0.29) is 11.9 Å². The lowest BCUT2D eigenvalue weighted by Gasteiger charge is -2.14. The third-order valence-electron chi connectivity index (χ3n) is 2.43. The zero-order chi connectivity index (χ0) is 12.8. The van der Waals surface area contributed by atoms with Crippen LogP contribution in [0.1, 0.15) is 25.5 Å². The summed E-state index contributed by atoms with van der Waals surface area (Å²) in [6, 6.07) is 6.29. The summed E-state index contributed by atoms with van der Waals surface area (Å²) < 4.78 is 12.7. The first-order valence-electron chi connectivity index (χ1n) is 5.38. The molecular formula is C13H16FNO2. The van der Waals surface area contributed by atoms with E-state index < -0.39 is 5.97 Å².